The van der Waals surface area contributed by atoms with Crippen LogP contribution in [-0.4, -0.2) is 29.7 Å². The Hall–Kier alpha value is -0.910. The first-order valence-corrected chi connectivity index (χ1v) is 2.54. The van der Waals surface area contributed by atoms with Gasteiger partial charge in [-0.2, -0.15) is 0 Å². The topological polar surface area (TPSA) is 92.6 Å². The third-order valence-corrected chi connectivity index (χ3v) is 0.763. The van der Waals surface area contributed by atoms with Gasteiger partial charge in [0, 0.05) is 7.05 Å². The van der Waals surface area contributed by atoms with Gasteiger partial charge in [0.05, 0.1) is 0 Å². The van der Waals surface area contributed by atoms with Crippen molar-refractivity contribution >= 4 is 5.91 Å². The molecule has 5 N–H and O–H groups in total. The minimum absolute atomic E-state index is 0.259. The molecule has 0 aromatic carbocycles. The molecule has 0 aromatic heterocycles. The third kappa shape index (κ3) is 5.23. The number of carbonyl (C=O) groups is 1. The Morgan fingerprint density at radius 2 is 2.20 bits per heavy atom. The normalized spacial score (nSPS) is 7.20. The summed E-state index contributed by atoms with van der Waals surface area (Å²) in [5.41, 5.74) is 0. The standard InChI is InChI=1S/C5H9NO2.H4N2/c1-3-5(8)6(2)4-7;1-2/h3,7H,1,4H2,2H3;1-2H2. The van der Waals surface area contributed by atoms with Gasteiger partial charge in [0.2, 0.25) is 5.91 Å². The van der Waals surface area contributed by atoms with Gasteiger partial charge in [-0.15, -0.1) is 0 Å². The molecule has 0 aliphatic carbocycles. The van der Waals surface area contributed by atoms with Crippen molar-refractivity contribution in [3.8, 4) is 0 Å². The van der Waals surface area contributed by atoms with E-state index in [2.05, 4.69) is 18.3 Å². The smallest absolute Gasteiger partial charge is 0.247 e. The zero-order valence-electron chi connectivity index (χ0n) is 5.95. The molecule has 0 rings (SSSR count). The van der Waals surface area contributed by atoms with Gasteiger partial charge in [-0.3, -0.25) is 16.5 Å². The summed E-state index contributed by atoms with van der Waals surface area (Å²) in [6, 6.07) is 0. The maximum Gasteiger partial charge on any atom is 0.247 e. The van der Waals surface area contributed by atoms with E-state index in [9.17, 15) is 4.79 Å². The second-order valence-corrected chi connectivity index (χ2v) is 1.38. The summed E-state index contributed by atoms with van der Waals surface area (Å²) < 4.78 is 0. The number of hydrogen-bond acceptors (Lipinski definition) is 4. The van der Waals surface area contributed by atoms with Crippen LogP contribution in [0.15, 0.2) is 12.7 Å². The summed E-state index contributed by atoms with van der Waals surface area (Å²) in [5, 5.41) is 8.29. The lowest BCUT2D eigenvalue weighted by Crippen LogP contribution is -2.25. The van der Waals surface area contributed by atoms with Crippen LogP contribution >= 0.6 is 0 Å². The number of aliphatic hydroxyl groups is 1. The number of hydrogen-bond donors (Lipinski definition) is 3. The molecule has 10 heavy (non-hydrogen) atoms. The maximum atomic E-state index is 10.4. The van der Waals surface area contributed by atoms with Crippen LogP contribution in [0.2, 0.25) is 0 Å². The molecule has 5 heteroatoms. The highest BCUT2D eigenvalue weighted by molar-refractivity contribution is 5.86. The Morgan fingerprint density at radius 1 is 1.80 bits per heavy atom. The Balaban J connectivity index is 0. The van der Waals surface area contributed by atoms with Gasteiger partial charge in [0.25, 0.3) is 0 Å². The SMILES string of the molecule is C=CC(=O)N(C)CO.NN. The molecule has 0 aliphatic heterocycles. The maximum absolute atomic E-state index is 10.4. The molecule has 60 valence electrons. The average molecular weight is 147 g/mol. The number of amides is 1. The second kappa shape index (κ2) is 8.09. The third-order valence-electron chi connectivity index (χ3n) is 0.763. The number of hydrazine groups is 1. The monoisotopic (exact) mass is 147 g/mol. The molecule has 0 fully saturated rings. The molecule has 0 spiro atoms. The molecule has 0 aliphatic rings. The summed E-state index contributed by atoms with van der Waals surface area (Å²) in [5.74, 6) is 7.73. The molecule has 0 atom stereocenters. The van der Waals surface area contributed by atoms with Crippen molar-refractivity contribution in [1.29, 1.82) is 0 Å². The van der Waals surface area contributed by atoms with Gasteiger partial charge in [-0.05, 0) is 6.08 Å². The summed E-state index contributed by atoms with van der Waals surface area (Å²) in [6.07, 6.45) is 1.15. The lowest BCUT2D eigenvalue weighted by molar-refractivity contribution is -0.127. The fourth-order valence-corrected chi connectivity index (χ4v) is 0.226. The van der Waals surface area contributed by atoms with Crippen molar-refractivity contribution in [3.63, 3.8) is 0 Å². The molecule has 0 bridgehead atoms. The van der Waals surface area contributed by atoms with Crippen LogP contribution in [-0.2, 0) is 4.79 Å². The number of nitrogens with two attached hydrogens (primary N) is 2. The number of likely N-dealkylation sites (N-methyl/N-ethyl adjacent to an activating group) is 1. The second-order valence-electron chi connectivity index (χ2n) is 1.38. The van der Waals surface area contributed by atoms with Gasteiger partial charge < -0.3 is 10.0 Å². The molecule has 0 saturated carbocycles. The minimum atomic E-state index is -0.271. The fourth-order valence-electron chi connectivity index (χ4n) is 0.226. The molecular weight excluding hydrogens is 134 g/mol. The molecule has 0 unspecified atom stereocenters. The number of nitrogens with zero attached hydrogens (tertiary/aromatic N) is 1. The van der Waals surface area contributed by atoms with E-state index in [1.807, 2.05) is 0 Å². The van der Waals surface area contributed by atoms with Crippen molar-refractivity contribution in [2.24, 2.45) is 11.7 Å². The van der Waals surface area contributed by atoms with E-state index in [4.69, 9.17) is 5.11 Å². The molecule has 0 aromatic rings. The number of rotatable bonds is 2. The van der Waals surface area contributed by atoms with E-state index in [1.54, 1.807) is 0 Å². The first kappa shape index (κ1) is 11.8. The van der Waals surface area contributed by atoms with Crippen LogP contribution in [0, 0.1) is 0 Å². The Labute approximate surface area is 59.9 Å². The molecule has 0 saturated heterocycles. The van der Waals surface area contributed by atoms with Gasteiger partial charge in [-0.1, -0.05) is 6.58 Å². The zero-order chi connectivity index (χ0) is 8.57. The predicted molar refractivity (Wildman–Crippen MR) is 38.4 cm³/mol. The zero-order valence-corrected chi connectivity index (χ0v) is 5.95. The lowest BCUT2D eigenvalue weighted by Gasteiger charge is -2.08. The van der Waals surface area contributed by atoms with E-state index in [-0.39, 0.29) is 12.6 Å². The van der Waals surface area contributed by atoms with Crippen LogP contribution in [0.1, 0.15) is 0 Å². The van der Waals surface area contributed by atoms with E-state index in [0.717, 1.165) is 11.0 Å². The highest BCUT2D eigenvalue weighted by Gasteiger charge is 1.98. The van der Waals surface area contributed by atoms with E-state index in [0.29, 0.717) is 0 Å². The van der Waals surface area contributed by atoms with Gasteiger partial charge >= 0.3 is 0 Å². The Kier molecular flexibility index (Phi) is 9.57. The largest absolute Gasteiger partial charge is 0.376 e. The van der Waals surface area contributed by atoms with Crippen LogP contribution < -0.4 is 11.7 Å². The summed E-state index contributed by atoms with van der Waals surface area (Å²) in [4.78, 5) is 11.5. The molecule has 0 radical (unpaired) electrons. The van der Waals surface area contributed by atoms with Crippen LogP contribution in [0.4, 0.5) is 0 Å². The summed E-state index contributed by atoms with van der Waals surface area (Å²) in [6.45, 7) is 2.97. The summed E-state index contributed by atoms with van der Waals surface area (Å²) >= 11 is 0. The Morgan fingerprint density at radius 3 is 2.30 bits per heavy atom. The highest BCUT2D eigenvalue weighted by atomic mass is 16.3. The average Bonchev–Trinajstić information content (AvgIpc) is 2.05. The highest BCUT2D eigenvalue weighted by Crippen LogP contribution is 1.79. The Bertz CT molecular complexity index is 105. The first-order chi connectivity index (χ1) is 4.72. The van der Waals surface area contributed by atoms with Crippen molar-refractivity contribution < 1.29 is 9.90 Å². The minimum Gasteiger partial charge on any atom is -0.376 e. The van der Waals surface area contributed by atoms with Crippen molar-refractivity contribution in [3.05, 3.63) is 12.7 Å². The van der Waals surface area contributed by atoms with E-state index < -0.39 is 0 Å². The molecular formula is C5H13N3O2. The van der Waals surface area contributed by atoms with Crippen molar-refractivity contribution in [1.82, 2.24) is 4.90 Å². The molecule has 1 amide bonds. The van der Waals surface area contributed by atoms with E-state index >= 15 is 0 Å². The number of carbonyl (C=O) groups excluding carboxylic acids is 1. The molecule has 5 nitrogen and oxygen atoms in total. The van der Waals surface area contributed by atoms with Gasteiger partial charge in [-0.25, -0.2) is 0 Å². The fraction of sp³-hybridized carbons (Fsp3) is 0.400. The lowest BCUT2D eigenvalue weighted by atomic mass is 10.5. The quantitative estimate of drug-likeness (QED) is 0.190. The van der Waals surface area contributed by atoms with Gasteiger partial charge in [0.15, 0.2) is 0 Å². The van der Waals surface area contributed by atoms with Gasteiger partial charge in [0.1, 0.15) is 6.73 Å². The van der Waals surface area contributed by atoms with Crippen molar-refractivity contribution in [2.45, 2.75) is 0 Å². The predicted octanol–water partition coefficient (Wildman–Crippen LogP) is -1.60. The van der Waals surface area contributed by atoms with Crippen LogP contribution in [0.5, 0.6) is 0 Å². The first-order valence-electron chi connectivity index (χ1n) is 2.54. The van der Waals surface area contributed by atoms with E-state index in [1.165, 1.54) is 7.05 Å². The number of aliphatic hydroxyl groups excluding tert-OH is 1. The van der Waals surface area contributed by atoms with Crippen molar-refractivity contribution in [2.75, 3.05) is 13.8 Å². The summed E-state index contributed by atoms with van der Waals surface area (Å²) in [7, 11) is 1.49. The van der Waals surface area contributed by atoms with Crippen LogP contribution in [0.25, 0.3) is 0 Å². The molecule has 0 heterocycles. The van der Waals surface area contributed by atoms with Crippen LogP contribution in [0.3, 0.4) is 0 Å².